The lowest BCUT2D eigenvalue weighted by Gasteiger charge is -2.27. The molecule has 0 bridgehead atoms. The fourth-order valence-corrected chi connectivity index (χ4v) is 4.74. The minimum absolute atomic E-state index is 0.0332. The number of hydrogen-bond acceptors (Lipinski definition) is 8. The number of carbonyl (C=O) groups is 2. The van der Waals surface area contributed by atoms with Crippen LogP contribution in [0, 0.1) is 0 Å². The molecule has 0 spiro atoms. The van der Waals surface area contributed by atoms with Crippen LogP contribution in [0.4, 0.5) is 24.5 Å². The predicted octanol–water partition coefficient (Wildman–Crippen LogP) is 6.68. The number of ether oxygens (including phenoxy) is 3. The topological polar surface area (TPSA) is 98.7 Å². The second-order valence-electron chi connectivity index (χ2n) is 9.72. The predicted molar refractivity (Wildman–Crippen MR) is 159 cm³/mol. The van der Waals surface area contributed by atoms with E-state index in [1.165, 1.54) is 30.2 Å². The SMILES string of the molecule is CCOC(=O)CCO/N=C(\C)c1cc(NC(C(=O)N2CCc3ccc(OC(F)(F)F)cc32)c2ccc(Cl)cc2)cc(OC)c1. The number of rotatable bonds is 12. The quantitative estimate of drug-likeness (QED) is 0.103. The molecule has 4 rings (SSSR count). The highest BCUT2D eigenvalue weighted by atomic mass is 35.5. The maximum absolute atomic E-state index is 14.1. The van der Waals surface area contributed by atoms with Gasteiger partial charge in [0.2, 0.25) is 0 Å². The average Bonchev–Trinajstić information content (AvgIpc) is 3.40. The summed E-state index contributed by atoms with van der Waals surface area (Å²) in [5, 5.41) is 7.82. The van der Waals surface area contributed by atoms with Crippen molar-refractivity contribution in [3.05, 3.63) is 82.4 Å². The number of oxime groups is 1. The van der Waals surface area contributed by atoms with Gasteiger partial charge in [-0.15, -0.1) is 13.2 Å². The molecule has 3 aromatic carbocycles. The van der Waals surface area contributed by atoms with Crippen LogP contribution in [0.5, 0.6) is 11.5 Å². The molecular weight excluding hydrogens is 603 g/mol. The lowest BCUT2D eigenvalue weighted by Crippen LogP contribution is -2.37. The van der Waals surface area contributed by atoms with Crippen molar-refractivity contribution in [3.8, 4) is 11.5 Å². The maximum atomic E-state index is 14.1. The molecule has 1 N–H and O–H groups in total. The van der Waals surface area contributed by atoms with Crippen molar-refractivity contribution in [2.75, 3.05) is 37.1 Å². The third kappa shape index (κ3) is 8.56. The van der Waals surface area contributed by atoms with Gasteiger partial charge in [0.15, 0.2) is 0 Å². The Hall–Kier alpha value is -4.45. The zero-order valence-electron chi connectivity index (χ0n) is 24.2. The van der Waals surface area contributed by atoms with Crippen molar-refractivity contribution in [1.29, 1.82) is 0 Å². The Bertz CT molecular complexity index is 1510. The molecule has 1 aliphatic heterocycles. The summed E-state index contributed by atoms with van der Waals surface area (Å²) in [7, 11) is 1.49. The van der Waals surface area contributed by atoms with E-state index in [-0.39, 0.29) is 26.2 Å². The molecule has 13 heteroatoms. The Labute approximate surface area is 257 Å². The first-order valence-electron chi connectivity index (χ1n) is 13.7. The van der Waals surface area contributed by atoms with E-state index in [1.807, 2.05) is 0 Å². The van der Waals surface area contributed by atoms with Gasteiger partial charge in [0.05, 0.1) is 31.5 Å². The summed E-state index contributed by atoms with van der Waals surface area (Å²) in [6.45, 7) is 4.01. The number of alkyl halides is 3. The molecule has 1 aliphatic rings. The highest BCUT2D eigenvalue weighted by Crippen LogP contribution is 2.36. The van der Waals surface area contributed by atoms with Gasteiger partial charge in [-0.1, -0.05) is 35.0 Å². The van der Waals surface area contributed by atoms with E-state index in [9.17, 15) is 22.8 Å². The van der Waals surface area contributed by atoms with Crippen molar-refractivity contribution in [2.45, 2.75) is 39.1 Å². The second-order valence-corrected chi connectivity index (χ2v) is 10.2. The minimum Gasteiger partial charge on any atom is -0.497 e. The first kappa shape index (κ1) is 32.5. The number of hydrogen-bond donors (Lipinski definition) is 1. The smallest absolute Gasteiger partial charge is 0.497 e. The number of carbonyl (C=O) groups excluding carboxylic acids is 2. The van der Waals surface area contributed by atoms with E-state index < -0.39 is 30.0 Å². The van der Waals surface area contributed by atoms with Crippen LogP contribution >= 0.6 is 11.6 Å². The third-order valence-electron chi connectivity index (χ3n) is 6.68. The van der Waals surface area contributed by atoms with Gasteiger partial charge in [0.1, 0.15) is 24.1 Å². The molecule has 0 aromatic heterocycles. The van der Waals surface area contributed by atoms with E-state index in [0.717, 1.165) is 5.56 Å². The second kappa shape index (κ2) is 14.3. The molecule has 0 radical (unpaired) electrons. The van der Waals surface area contributed by atoms with Gasteiger partial charge in [-0.05, 0) is 61.7 Å². The lowest BCUT2D eigenvalue weighted by atomic mass is 10.0. The van der Waals surface area contributed by atoms with Crippen molar-refractivity contribution >= 4 is 40.6 Å². The van der Waals surface area contributed by atoms with Crippen LogP contribution in [-0.4, -0.2) is 50.8 Å². The van der Waals surface area contributed by atoms with Gasteiger partial charge < -0.3 is 29.3 Å². The first-order chi connectivity index (χ1) is 21.0. The average molecular weight is 634 g/mol. The van der Waals surface area contributed by atoms with Gasteiger partial charge >= 0.3 is 12.3 Å². The number of nitrogens with one attached hydrogen (secondary N) is 1. The fraction of sp³-hybridized carbons (Fsp3) is 0.323. The number of benzene rings is 3. The largest absolute Gasteiger partial charge is 0.573 e. The van der Waals surface area contributed by atoms with Crippen molar-refractivity contribution < 1.29 is 41.8 Å². The molecule has 0 fully saturated rings. The summed E-state index contributed by atoms with van der Waals surface area (Å²) in [4.78, 5) is 32.4. The molecule has 0 aliphatic carbocycles. The number of esters is 1. The van der Waals surface area contributed by atoms with Crippen LogP contribution in [0.3, 0.4) is 0 Å². The maximum Gasteiger partial charge on any atom is 0.573 e. The Morgan fingerprint density at radius 2 is 1.82 bits per heavy atom. The van der Waals surface area contributed by atoms with Gasteiger partial charge in [0.25, 0.3) is 5.91 Å². The zero-order chi connectivity index (χ0) is 31.9. The van der Waals surface area contributed by atoms with Gasteiger partial charge in [-0.3, -0.25) is 9.59 Å². The Morgan fingerprint density at radius 1 is 1.07 bits per heavy atom. The summed E-state index contributed by atoms with van der Waals surface area (Å²) in [5.41, 5.74) is 3.24. The molecule has 3 aromatic rings. The normalized spacial score (nSPS) is 13.6. The third-order valence-corrected chi connectivity index (χ3v) is 6.93. The highest BCUT2D eigenvalue weighted by Gasteiger charge is 2.34. The van der Waals surface area contributed by atoms with Crippen LogP contribution < -0.4 is 19.7 Å². The van der Waals surface area contributed by atoms with Crippen molar-refractivity contribution in [2.24, 2.45) is 5.16 Å². The Balaban J connectivity index is 1.62. The molecule has 44 heavy (non-hydrogen) atoms. The highest BCUT2D eigenvalue weighted by molar-refractivity contribution is 6.30. The van der Waals surface area contributed by atoms with E-state index in [4.69, 9.17) is 25.9 Å². The molecular formula is C31H31ClF3N3O6. The van der Waals surface area contributed by atoms with E-state index in [1.54, 1.807) is 56.3 Å². The molecule has 1 amide bonds. The molecule has 1 unspecified atom stereocenters. The Kier molecular flexibility index (Phi) is 10.6. The van der Waals surface area contributed by atoms with Crippen LogP contribution in [0.15, 0.2) is 65.8 Å². The van der Waals surface area contributed by atoms with Gasteiger partial charge in [-0.25, -0.2) is 0 Å². The van der Waals surface area contributed by atoms with Crippen LogP contribution in [0.2, 0.25) is 5.02 Å². The molecule has 0 saturated carbocycles. The first-order valence-corrected chi connectivity index (χ1v) is 14.1. The molecule has 1 heterocycles. The number of anilines is 2. The van der Waals surface area contributed by atoms with E-state index in [2.05, 4.69) is 15.2 Å². The summed E-state index contributed by atoms with van der Waals surface area (Å²) in [6.07, 6.45) is -4.35. The lowest BCUT2D eigenvalue weighted by molar-refractivity contribution is -0.274. The zero-order valence-corrected chi connectivity index (χ0v) is 25.0. The number of amides is 1. The molecule has 1 atom stereocenters. The van der Waals surface area contributed by atoms with E-state index in [0.29, 0.717) is 45.4 Å². The number of nitrogens with zero attached hydrogens (tertiary/aromatic N) is 2. The van der Waals surface area contributed by atoms with E-state index >= 15 is 0 Å². The van der Waals surface area contributed by atoms with Crippen LogP contribution in [0.1, 0.15) is 43.0 Å². The molecule has 9 nitrogen and oxygen atoms in total. The fourth-order valence-electron chi connectivity index (χ4n) is 4.62. The minimum atomic E-state index is -4.87. The monoisotopic (exact) mass is 633 g/mol. The summed E-state index contributed by atoms with van der Waals surface area (Å²) >= 11 is 6.11. The van der Waals surface area contributed by atoms with Crippen molar-refractivity contribution in [3.63, 3.8) is 0 Å². The summed E-state index contributed by atoms with van der Waals surface area (Å²) in [6, 6.07) is 14.9. The van der Waals surface area contributed by atoms with Crippen LogP contribution in [-0.2, 0) is 25.6 Å². The molecule has 0 saturated heterocycles. The number of methoxy groups -OCH3 is 1. The standard InChI is InChI=1S/C31H31ClF3N3O6/c1-4-42-28(39)12-14-43-37-19(2)22-15-24(17-26(16-22)41-3)36-29(21-5-8-23(32)9-6-21)30(40)38-13-11-20-7-10-25(18-27(20)38)44-31(33,34)35/h5-10,15-18,29,36H,4,11-14H2,1-3H3/b37-19+. The van der Waals surface area contributed by atoms with Crippen LogP contribution in [0.25, 0.3) is 0 Å². The van der Waals surface area contributed by atoms with Gasteiger partial charge in [0, 0.05) is 35.0 Å². The summed E-state index contributed by atoms with van der Waals surface area (Å²) in [5.74, 6) is -0.736. The van der Waals surface area contributed by atoms with Crippen molar-refractivity contribution in [1.82, 2.24) is 0 Å². The summed E-state index contributed by atoms with van der Waals surface area (Å²) < 4.78 is 53.2. The number of halogens is 4. The Morgan fingerprint density at radius 3 is 2.50 bits per heavy atom. The molecule has 234 valence electrons. The van der Waals surface area contributed by atoms with Gasteiger partial charge in [-0.2, -0.15) is 0 Å². The number of fused-ring (bicyclic) bond motifs is 1.